The fraction of sp³-hybridized carbons (Fsp3) is 0.600. The van der Waals surface area contributed by atoms with E-state index in [-0.39, 0.29) is 5.50 Å². The van der Waals surface area contributed by atoms with E-state index in [4.69, 9.17) is 11.6 Å². The molecule has 1 atom stereocenters. The molecule has 0 aliphatic rings. The predicted molar refractivity (Wildman–Crippen MR) is 38.5 cm³/mol. The minimum Gasteiger partial charge on any atom is -0.313 e. The Hall–Kier alpha value is 0.177. The molecule has 0 amide bonds. The van der Waals surface area contributed by atoms with Crippen LogP contribution in [-0.2, 0) is 0 Å². The Balaban J connectivity index is 3.53. The van der Waals surface area contributed by atoms with Crippen LogP contribution in [0.2, 0.25) is 12.6 Å². The molecule has 0 fully saturated rings. The van der Waals surface area contributed by atoms with Crippen LogP contribution in [0.5, 0.6) is 0 Å². The summed E-state index contributed by atoms with van der Waals surface area (Å²) in [5, 5.41) is 0. The van der Waals surface area contributed by atoms with Gasteiger partial charge in [-0.2, -0.15) is 0 Å². The van der Waals surface area contributed by atoms with E-state index in [0.717, 1.165) is 0 Å². The Kier molecular flexibility index (Phi) is 3.32. The van der Waals surface area contributed by atoms with Crippen LogP contribution in [0.1, 0.15) is 0 Å². The summed E-state index contributed by atoms with van der Waals surface area (Å²) in [5.41, 5.74) is 0.180. The van der Waals surface area contributed by atoms with Gasteiger partial charge in [-0.3, -0.25) is 0 Å². The number of halogens is 2. The van der Waals surface area contributed by atoms with Crippen molar-refractivity contribution in [3.63, 3.8) is 0 Å². The van der Waals surface area contributed by atoms with Crippen LogP contribution >= 0.6 is 11.6 Å². The summed E-state index contributed by atoms with van der Waals surface area (Å²) in [6.07, 6.45) is 1.59. The van der Waals surface area contributed by atoms with Crippen molar-refractivity contribution in [2.75, 3.05) is 5.50 Å². The van der Waals surface area contributed by atoms with Crippen molar-refractivity contribution < 1.29 is 4.11 Å². The van der Waals surface area contributed by atoms with E-state index in [1.165, 1.54) is 0 Å². The molecule has 0 aromatic heterocycles. The highest BCUT2D eigenvalue weighted by Crippen LogP contribution is 2.12. The van der Waals surface area contributed by atoms with Crippen molar-refractivity contribution in [1.29, 1.82) is 0 Å². The molecule has 48 valence electrons. The summed E-state index contributed by atoms with van der Waals surface area (Å²) in [5.74, 6) is 0. The van der Waals surface area contributed by atoms with Gasteiger partial charge in [-0.1, -0.05) is 6.08 Å². The van der Waals surface area contributed by atoms with Gasteiger partial charge in [0.25, 0.3) is 8.41 Å². The largest absolute Gasteiger partial charge is 0.313 e. The SMILES string of the molecule is C=CC[Si](C)(F)CCl. The second-order valence-corrected chi connectivity index (χ2v) is 6.34. The zero-order chi connectivity index (χ0) is 6.62. The summed E-state index contributed by atoms with van der Waals surface area (Å²) >= 11 is 5.31. The molecule has 0 radical (unpaired) electrons. The Morgan fingerprint density at radius 3 is 2.50 bits per heavy atom. The highest BCUT2D eigenvalue weighted by atomic mass is 35.5. The molecular formula is C5H10ClFSi. The molecule has 1 unspecified atom stereocenters. The molecule has 0 aliphatic heterocycles. The van der Waals surface area contributed by atoms with Crippen molar-refractivity contribution in [2.45, 2.75) is 12.6 Å². The van der Waals surface area contributed by atoms with Crippen LogP contribution in [0.4, 0.5) is 4.11 Å². The van der Waals surface area contributed by atoms with Crippen molar-refractivity contribution >= 4 is 20.0 Å². The average molecular weight is 153 g/mol. The predicted octanol–water partition coefficient (Wildman–Crippen LogP) is 2.50. The lowest BCUT2D eigenvalue weighted by Gasteiger charge is -2.08. The van der Waals surface area contributed by atoms with Crippen LogP contribution < -0.4 is 0 Å². The Morgan fingerprint density at radius 1 is 1.88 bits per heavy atom. The van der Waals surface area contributed by atoms with Gasteiger partial charge in [-0.25, -0.2) is 0 Å². The van der Waals surface area contributed by atoms with Crippen molar-refractivity contribution in [3.8, 4) is 0 Å². The van der Waals surface area contributed by atoms with Crippen LogP contribution in [0.3, 0.4) is 0 Å². The average Bonchev–Trinajstić information content (AvgIpc) is 1.67. The summed E-state index contributed by atoms with van der Waals surface area (Å²) in [6, 6.07) is 0.469. The van der Waals surface area contributed by atoms with Gasteiger partial charge in [0.2, 0.25) is 0 Å². The van der Waals surface area contributed by atoms with Crippen LogP contribution in [0.25, 0.3) is 0 Å². The first kappa shape index (κ1) is 8.18. The molecule has 0 N–H and O–H groups in total. The van der Waals surface area contributed by atoms with Crippen molar-refractivity contribution in [2.24, 2.45) is 0 Å². The Morgan fingerprint density at radius 2 is 2.38 bits per heavy atom. The third kappa shape index (κ3) is 3.21. The summed E-state index contributed by atoms with van der Waals surface area (Å²) in [4.78, 5) is 0. The molecule has 0 saturated heterocycles. The zero-order valence-corrected chi connectivity index (χ0v) is 6.71. The molecule has 8 heavy (non-hydrogen) atoms. The van der Waals surface area contributed by atoms with Gasteiger partial charge in [0.05, 0.1) is 0 Å². The van der Waals surface area contributed by atoms with Crippen LogP contribution in [0.15, 0.2) is 12.7 Å². The number of alkyl halides is 1. The van der Waals surface area contributed by atoms with E-state index in [9.17, 15) is 4.11 Å². The maximum atomic E-state index is 12.8. The summed E-state index contributed by atoms with van der Waals surface area (Å²) in [6.45, 7) is 5.03. The molecule has 0 rings (SSSR count). The molecule has 0 aromatic carbocycles. The van der Waals surface area contributed by atoms with E-state index in [0.29, 0.717) is 6.04 Å². The molecule has 0 saturated carbocycles. The lowest BCUT2D eigenvalue weighted by molar-refractivity contribution is 0.796. The molecule has 0 bridgehead atoms. The van der Waals surface area contributed by atoms with Crippen molar-refractivity contribution in [3.05, 3.63) is 12.7 Å². The first-order valence-electron chi connectivity index (χ1n) is 2.48. The number of hydrogen-bond donors (Lipinski definition) is 0. The second kappa shape index (κ2) is 3.25. The highest BCUT2D eigenvalue weighted by molar-refractivity contribution is 6.78. The second-order valence-electron chi connectivity index (χ2n) is 2.04. The maximum Gasteiger partial charge on any atom is 0.262 e. The van der Waals surface area contributed by atoms with E-state index < -0.39 is 8.41 Å². The monoisotopic (exact) mass is 152 g/mol. The first-order chi connectivity index (χ1) is 3.62. The normalized spacial score (nSPS) is 17.4. The highest BCUT2D eigenvalue weighted by Gasteiger charge is 2.23. The molecule has 3 heteroatoms. The Labute approximate surface area is 55.5 Å². The third-order valence-corrected chi connectivity index (χ3v) is 4.22. The van der Waals surface area contributed by atoms with Crippen LogP contribution in [0, 0.1) is 0 Å². The van der Waals surface area contributed by atoms with Gasteiger partial charge in [0, 0.05) is 5.50 Å². The van der Waals surface area contributed by atoms with Crippen LogP contribution in [-0.4, -0.2) is 13.9 Å². The third-order valence-electron chi connectivity index (χ3n) is 0.849. The fourth-order valence-corrected chi connectivity index (χ4v) is 1.39. The summed E-state index contributed by atoms with van der Waals surface area (Å²) < 4.78 is 12.8. The minimum atomic E-state index is -2.53. The minimum absolute atomic E-state index is 0.180. The molecule has 0 aromatic rings. The van der Waals surface area contributed by atoms with E-state index >= 15 is 0 Å². The van der Waals surface area contributed by atoms with Gasteiger partial charge in [-0.05, 0) is 12.6 Å². The maximum absolute atomic E-state index is 12.8. The lowest BCUT2D eigenvalue weighted by Crippen LogP contribution is -2.25. The van der Waals surface area contributed by atoms with E-state index in [1.807, 2.05) is 0 Å². The van der Waals surface area contributed by atoms with E-state index in [1.54, 1.807) is 12.6 Å². The van der Waals surface area contributed by atoms with Gasteiger partial charge >= 0.3 is 0 Å². The molecular weight excluding hydrogens is 143 g/mol. The van der Waals surface area contributed by atoms with Crippen molar-refractivity contribution in [1.82, 2.24) is 0 Å². The number of rotatable bonds is 3. The number of hydrogen-bond acceptors (Lipinski definition) is 0. The quantitative estimate of drug-likeness (QED) is 0.252. The van der Waals surface area contributed by atoms with Gasteiger partial charge in [0.15, 0.2) is 0 Å². The van der Waals surface area contributed by atoms with Gasteiger partial charge in [-0.15, -0.1) is 18.2 Å². The molecule has 0 heterocycles. The first-order valence-corrected chi connectivity index (χ1v) is 5.81. The fourth-order valence-electron chi connectivity index (χ4n) is 0.356. The van der Waals surface area contributed by atoms with Gasteiger partial charge in [0.1, 0.15) is 0 Å². The molecule has 0 nitrogen and oxygen atoms in total. The van der Waals surface area contributed by atoms with Gasteiger partial charge < -0.3 is 4.11 Å². The zero-order valence-electron chi connectivity index (χ0n) is 4.95. The summed E-state index contributed by atoms with van der Waals surface area (Å²) in [7, 11) is -2.53. The topological polar surface area (TPSA) is 0 Å². The Bertz CT molecular complexity index is 82.5. The molecule has 0 aliphatic carbocycles. The molecule has 0 spiro atoms. The smallest absolute Gasteiger partial charge is 0.262 e. The van der Waals surface area contributed by atoms with E-state index in [2.05, 4.69) is 6.58 Å². The lowest BCUT2D eigenvalue weighted by atomic mass is 10.8. The standard InChI is InChI=1S/C5H10ClFSi/c1-3-4-8(2,7)5-6/h3H,1,4-5H2,2H3. The number of allylic oxidation sites excluding steroid dienone is 1.